The lowest BCUT2D eigenvalue weighted by atomic mass is 9.91. The Bertz CT molecular complexity index is 1670. The molecule has 11 heteroatoms. The molecule has 0 atom stereocenters. The number of nitrogens with zero attached hydrogens (tertiary/aromatic N) is 7. The average Bonchev–Trinajstić information content (AvgIpc) is 3.18. The van der Waals surface area contributed by atoms with Crippen molar-refractivity contribution in [3.05, 3.63) is 64.3 Å². The number of aromatic nitrogens is 2. The molecule has 294 valence electrons. The van der Waals surface area contributed by atoms with E-state index in [2.05, 4.69) is 81.7 Å². The van der Waals surface area contributed by atoms with E-state index in [-0.39, 0.29) is 5.54 Å². The third-order valence-corrected chi connectivity index (χ3v) is 14.2. The SMILES string of the molecule is CCCc1ccc(CN2CCC(CN3CCC(N4CCN(c5cccc(Sc6ncc(N7CCC(C)(N)CC7)nc6N)c5Cl)CC4)CC3)CC2)cc1CC. The van der Waals surface area contributed by atoms with Gasteiger partial charge in [-0.15, -0.1) is 0 Å². The summed E-state index contributed by atoms with van der Waals surface area (Å²) in [5.41, 5.74) is 18.3. The van der Waals surface area contributed by atoms with Crippen molar-refractivity contribution in [3.8, 4) is 0 Å². The zero-order valence-electron chi connectivity index (χ0n) is 33.1. The maximum atomic E-state index is 7.08. The van der Waals surface area contributed by atoms with Crippen LogP contribution in [0.1, 0.15) is 82.4 Å². The molecule has 5 heterocycles. The van der Waals surface area contributed by atoms with Crippen molar-refractivity contribution in [1.29, 1.82) is 0 Å². The van der Waals surface area contributed by atoms with Gasteiger partial charge in [0.15, 0.2) is 5.82 Å². The minimum absolute atomic E-state index is 0.114. The molecule has 0 amide bonds. The number of hydrogen-bond donors (Lipinski definition) is 2. The van der Waals surface area contributed by atoms with E-state index in [1.165, 1.54) is 88.6 Å². The van der Waals surface area contributed by atoms with Gasteiger partial charge in [0.05, 0.1) is 16.9 Å². The second-order valence-electron chi connectivity index (χ2n) is 16.7. The van der Waals surface area contributed by atoms with Gasteiger partial charge >= 0.3 is 0 Å². The van der Waals surface area contributed by atoms with E-state index in [9.17, 15) is 0 Å². The monoisotopic (exact) mass is 773 g/mol. The minimum atomic E-state index is -0.114. The fourth-order valence-electron chi connectivity index (χ4n) is 9.15. The number of anilines is 3. The number of rotatable bonds is 12. The van der Waals surface area contributed by atoms with Crippen molar-refractivity contribution >= 4 is 40.7 Å². The van der Waals surface area contributed by atoms with E-state index in [4.69, 9.17) is 33.0 Å². The van der Waals surface area contributed by atoms with Crippen LogP contribution >= 0.6 is 23.4 Å². The molecule has 0 bridgehead atoms. The van der Waals surface area contributed by atoms with Crippen molar-refractivity contribution < 1.29 is 0 Å². The van der Waals surface area contributed by atoms with Crippen LogP contribution in [0.15, 0.2) is 52.5 Å². The van der Waals surface area contributed by atoms with Crippen molar-refractivity contribution in [2.45, 2.75) is 107 Å². The normalized spacial score (nSPS) is 21.2. The molecule has 54 heavy (non-hydrogen) atoms. The highest BCUT2D eigenvalue weighted by Gasteiger charge is 2.31. The molecule has 4 fully saturated rings. The van der Waals surface area contributed by atoms with E-state index >= 15 is 0 Å². The van der Waals surface area contributed by atoms with Gasteiger partial charge in [0, 0.05) is 68.8 Å². The Kier molecular flexibility index (Phi) is 13.3. The summed E-state index contributed by atoms with van der Waals surface area (Å²) in [6.45, 7) is 19.9. The Labute approximate surface area is 334 Å². The number of benzene rings is 2. The topological polar surface area (TPSA) is 94.0 Å². The Morgan fingerprint density at radius 2 is 1.57 bits per heavy atom. The molecule has 0 radical (unpaired) electrons. The van der Waals surface area contributed by atoms with Crippen LogP contribution in [-0.4, -0.2) is 108 Å². The van der Waals surface area contributed by atoms with Gasteiger partial charge in [-0.05, 0) is 119 Å². The maximum Gasteiger partial charge on any atom is 0.158 e. The Balaban J connectivity index is 0.835. The zero-order valence-corrected chi connectivity index (χ0v) is 34.7. The number of nitrogen functional groups attached to an aromatic ring is 1. The Hall–Kier alpha value is -2.60. The average molecular weight is 775 g/mol. The van der Waals surface area contributed by atoms with Crippen molar-refractivity contribution in [3.63, 3.8) is 0 Å². The molecule has 4 N–H and O–H groups in total. The largest absolute Gasteiger partial charge is 0.381 e. The minimum Gasteiger partial charge on any atom is -0.381 e. The van der Waals surface area contributed by atoms with Crippen LogP contribution in [0.2, 0.25) is 5.02 Å². The van der Waals surface area contributed by atoms with Crippen molar-refractivity contribution in [2.24, 2.45) is 11.7 Å². The van der Waals surface area contributed by atoms with Crippen LogP contribution < -0.4 is 21.3 Å². The van der Waals surface area contributed by atoms with Crippen molar-refractivity contribution in [2.75, 3.05) is 87.5 Å². The predicted octanol–water partition coefficient (Wildman–Crippen LogP) is 7.19. The number of piperidine rings is 3. The molecule has 7 rings (SSSR count). The fourth-order valence-corrected chi connectivity index (χ4v) is 10.3. The second-order valence-corrected chi connectivity index (χ2v) is 18.1. The molecule has 0 spiro atoms. The molecule has 0 aliphatic carbocycles. The highest BCUT2D eigenvalue weighted by molar-refractivity contribution is 7.99. The predicted molar refractivity (Wildman–Crippen MR) is 227 cm³/mol. The van der Waals surface area contributed by atoms with E-state index in [0.717, 1.165) is 92.4 Å². The number of hydrogen-bond acceptors (Lipinski definition) is 10. The van der Waals surface area contributed by atoms with E-state index in [0.29, 0.717) is 16.9 Å². The molecule has 0 saturated carbocycles. The first-order chi connectivity index (χ1) is 26.2. The van der Waals surface area contributed by atoms with E-state index in [1.807, 2.05) is 6.20 Å². The highest BCUT2D eigenvalue weighted by atomic mass is 35.5. The first-order valence-corrected chi connectivity index (χ1v) is 22.0. The summed E-state index contributed by atoms with van der Waals surface area (Å²) in [6, 6.07) is 14.2. The molecule has 2 aromatic carbocycles. The first-order valence-electron chi connectivity index (χ1n) is 20.8. The van der Waals surface area contributed by atoms with Gasteiger partial charge in [-0.3, -0.25) is 9.80 Å². The zero-order chi connectivity index (χ0) is 37.7. The fraction of sp³-hybridized carbons (Fsp3) is 0.628. The van der Waals surface area contributed by atoms with Crippen LogP contribution in [0.3, 0.4) is 0 Å². The standard InChI is InChI=1S/C43H64ClN9S/c1-4-7-35-11-10-33(28-34(35)5-2)31-49-18-12-32(13-19-49)30-50-20-14-36(15-21-50)51-24-26-52(27-25-51)37-8-6-9-38(40(37)44)54-42-41(45)48-39(29-47-42)53-22-16-43(3,46)17-23-53/h6,8-11,28-29,32,36H,4-5,7,12-27,30-31,46H2,1-3H3,(H2,45,48). The summed E-state index contributed by atoms with van der Waals surface area (Å²) in [4.78, 5) is 23.3. The van der Waals surface area contributed by atoms with Gasteiger partial charge in [0.1, 0.15) is 10.8 Å². The van der Waals surface area contributed by atoms with Gasteiger partial charge in [-0.2, -0.15) is 0 Å². The van der Waals surface area contributed by atoms with Crippen LogP contribution in [0.4, 0.5) is 17.3 Å². The molecule has 9 nitrogen and oxygen atoms in total. The van der Waals surface area contributed by atoms with Gasteiger partial charge in [-0.25, -0.2) is 9.97 Å². The summed E-state index contributed by atoms with van der Waals surface area (Å²) < 4.78 is 0. The Morgan fingerprint density at radius 3 is 2.26 bits per heavy atom. The lowest BCUT2D eigenvalue weighted by Gasteiger charge is -2.44. The van der Waals surface area contributed by atoms with Gasteiger partial charge in [0.2, 0.25) is 0 Å². The molecule has 1 aromatic heterocycles. The molecule has 0 unspecified atom stereocenters. The van der Waals surface area contributed by atoms with Gasteiger partial charge in [0.25, 0.3) is 0 Å². The molecule has 3 aromatic rings. The third-order valence-electron chi connectivity index (χ3n) is 12.7. The number of halogens is 1. The van der Waals surface area contributed by atoms with E-state index in [1.54, 1.807) is 11.1 Å². The summed E-state index contributed by atoms with van der Waals surface area (Å²) in [5, 5.41) is 1.46. The third kappa shape index (κ3) is 9.85. The summed E-state index contributed by atoms with van der Waals surface area (Å²) in [6.07, 6.45) is 12.5. The number of aryl methyl sites for hydroxylation is 2. The quantitative estimate of drug-likeness (QED) is 0.197. The maximum absolute atomic E-state index is 7.08. The highest BCUT2D eigenvalue weighted by Crippen LogP contribution is 2.40. The van der Waals surface area contributed by atoms with Gasteiger partial charge in [-0.1, -0.05) is 67.9 Å². The lowest BCUT2D eigenvalue weighted by Crippen LogP contribution is -2.53. The second kappa shape index (κ2) is 18.1. The van der Waals surface area contributed by atoms with Crippen LogP contribution in [0.5, 0.6) is 0 Å². The summed E-state index contributed by atoms with van der Waals surface area (Å²) >= 11 is 8.58. The van der Waals surface area contributed by atoms with Crippen LogP contribution in [-0.2, 0) is 19.4 Å². The van der Waals surface area contributed by atoms with E-state index < -0.39 is 0 Å². The van der Waals surface area contributed by atoms with Crippen molar-refractivity contribution in [1.82, 2.24) is 24.7 Å². The molecular formula is C43H64ClN9S. The number of nitrogens with two attached hydrogens (primary N) is 2. The summed E-state index contributed by atoms with van der Waals surface area (Å²) in [5.74, 6) is 2.09. The van der Waals surface area contributed by atoms with Gasteiger partial charge < -0.3 is 26.2 Å². The Morgan fingerprint density at radius 1 is 0.852 bits per heavy atom. The number of likely N-dealkylation sites (tertiary alicyclic amines) is 2. The van der Waals surface area contributed by atoms with Crippen LogP contribution in [0, 0.1) is 5.92 Å². The first kappa shape index (κ1) is 39.6. The molecular weight excluding hydrogens is 710 g/mol. The summed E-state index contributed by atoms with van der Waals surface area (Å²) in [7, 11) is 0. The van der Waals surface area contributed by atoms with Crippen LogP contribution in [0.25, 0.3) is 0 Å². The molecule has 4 aliphatic rings. The number of piperazine rings is 1. The molecule has 4 aliphatic heterocycles. The smallest absolute Gasteiger partial charge is 0.158 e. The lowest BCUT2D eigenvalue weighted by molar-refractivity contribution is 0.0809. The molecule has 4 saturated heterocycles.